The lowest BCUT2D eigenvalue weighted by Crippen LogP contribution is -2.01. The molecule has 0 aliphatic rings. The van der Waals surface area contributed by atoms with E-state index in [2.05, 4.69) is 11.2 Å². The maximum atomic E-state index is 13.8. The van der Waals surface area contributed by atoms with Crippen molar-refractivity contribution in [3.8, 4) is 23.0 Å². The fraction of sp³-hybridized carbons (Fsp3) is 0. The van der Waals surface area contributed by atoms with Crippen LogP contribution in [0.25, 0.3) is 16.9 Å². The number of nitrogens with two attached hydrogens (primary N) is 1. The summed E-state index contributed by atoms with van der Waals surface area (Å²) in [6, 6.07) is 17.0. The highest BCUT2D eigenvalue weighted by atomic mass is 19.1. The van der Waals surface area contributed by atoms with E-state index >= 15 is 0 Å². The Bertz CT molecular complexity index is 845. The summed E-state index contributed by atoms with van der Waals surface area (Å²) in [5, 5.41) is 13.3. The molecule has 1 heterocycles. The van der Waals surface area contributed by atoms with Crippen molar-refractivity contribution in [2.45, 2.75) is 0 Å². The fourth-order valence-corrected chi connectivity index (χ4v) is 2.11. The van der Waals surface area contributed by atoms with Crippen LogP contribution < -0.4 is 5.73 Å². The molecule has 1 aromatic heterocycles. The first-order valence-corrected chi connectivity index (χ1v) is 6.30. The van der Waals surface area contributed by atoms with Crippen LogP contribution in [-0.4, -0.2) is 9.78 Å². The van der Waals surface area contributed by atoms with Gasteiger partial charge in [0.05, 0.1) is 23.0 Å². The van der Waals surface area contributed by atoms with Crippen molar-refractivity contribution in [2.75, 3.05) is 5.73 Å². The van der Waals surface area contributed by atoms with Crippen LogP contribution >= 0.6 is 0 Å². The lowest BCUT2D eigenvalue weighted by Gasteiger charge is -2.03. The van der Waals surface area contributed by atoms with Crippen LogP contribution in [0.4, 0.5) is 10.2 Å². The maximum absolute atomic E-state index is 13.8. The molecule has 3 rings (SSSR count). The lowest BCUT2D eigenvalue weighted by molar-refractivity contribution is 0.630. The minimum absolute atomic E-state index is 0.354. The van der Waals surface area contributed by atoms with Gasteiger partial charge in [-0.2, -0.15) is 10.4 Å². The van der Waals surface area contributed by atoms with E-state index in [0.717, 1.165) is 0 Å². The normalized spacial score (nSPS) is 10.3. The first-order chi connectivity index (χ1) is 10.2. The molecule has 0 saturated carbocycles. The van der Waals surface area contributed by atoms with Gasteiger partial charge >= 0.3 is 0 Å². The van der Waals surface area contributed by atoms with Crippen molar-refractivity contribution in [1.82, 2.24) is 9.78 Å². The monoisotopic (exact) mass is 278 g/mol. The molecule has 0 fully saturated rings. The molecule has 5 heteroatoms. The topological polar surface area (TPSA) is 67.6 Å². The van der Waals surface area contributed by atoms with Gasteiger partial charge in [-0.25, -0.2) is 9.07 Å². The Balaban J connectivity index is 2.10. The van der Waals surface area contributed by atoms with E-state index in [0.29, 0.717) is 28.3 Å². The first-order valence-electron chi connectivity index (χ1n) is 6.30. The van der Waals surface area contributed by atoms with E-state index in [1.807, 2.05) is 0 Å². The SMILES string of the molecule is N#Cc1cccc(-n2nc(-c3ccccc3F)cc2N)c1. The molecule has 0 aliphatic carbocycles. The minimum atomic E-state index is -0.354. The molecule has 21 heavy (non-hydrogen) atoms. The van der Waals surface area contributed by atoms with Gasteiger partial charge in [0.15, 0.2) is 0 Å². The van der Waals surface area contributed by atoms with E-state index in [1.54, 1.807) is 48.5 Å². The van der Waals surface area contributed by atoms with Crippen LogP contribution in [0.15, 0.2) is 54.6 Å². The summed E-state index contributed by atoms with van der Waals surface area (Å²) < 4.78 is 15.3. The Kier molecular flexibility index (Phi) is 3.13. The zero-order valence-electron chi connectivity index (χ0n) is 11.0. The van der Waals surface area contributed by atoms with Crippen molar-refractivity contribution in [1.29, 1.82) is 5.26 Å². The summed E-state index contributed by atoms with van der Waals surface area (Å²) in [6.45, 7) is 0. The Morgan fingerprint density at radius 3 is 2.67 bits per heavy atom. The average molecular weight is 278 g/mol. The molecule has 2 aromatic carbocycles. The molecular weight excluding hydrogens is 267 g/mol. The standard InChI is InChI=1S/C16H11FN4/c17-14-7-2-1-6-13(14)15-9-16(19)21(20-15)12-5-3-4-11(8-12)10-18/h1-9H,19H2. The molecule has 4 nitrogen and oxygen atoms in total. The average Bonchev–Trinajstić information content (AvgIpc) is 2.89. The number of aromatic nitrogens is 2. The van der Waals surface area contributed by atoms with Crippen molar-refractivity contribution in [3.63, 3.8) is 0 Å². The summed E-state index contributed by atoms with van der Waals surface area (Å²) in [6.07, 6.45) is 0. The maximum Gasteiger partial charge on any atom is 0.132 e. The van der Waals surface area contributed by atoms with Gasteiger partial charge < -0.3 is 5.73 Å². The smallest absolute Gasteiger partial charge is 0.132 e. The summed E-state index contributed by atoms with van der Waals surface area (Å²) in [5.74, 6) is 0.0243. The highest BCUT2D eigenvalue weighted by Crippen LogP contribution is 2.25. The predicted molar refractivity (Wildman–Crippen MR) is 78.1 cm³/mol. The number of halogens is 1. The third kappa shape index (κ3) is 2.35. The number of anilines is 1. The van der Waals surface area contributed by atoms with Crippen LogP contribution in [0, 0.1) is 17.1 Å². The molecular formula is C16H11FN4. The predicted octanol–water partition coefficient (Wildman–Crippen LogP) is 3.13. The molecule has 0 aliphatic heterocycles. The van der Waals surface area contributed by atoms with Crippen LogP contribution in [0.3, 0.4) is 0 Å². The molecule has 0 unspecified atom stereocenters. The van der Waals surface area contributed by atoms with Crippen molar-refractivity contribution >= 4 is 5.82 Å². The summed E-state index contributed by atoms with van der Waals surface area (Å²) in [7, 11) is 0. The van der Waals surface area contributed by atoms with Crippen LogP contribution in [0.1, 0.15) is 5.56 Å². The number of nitriles is 1. The first kappa shape index (κ1) is 12.9. The Hall–Kier alpha value is -3.13. The second-order valence-electron chi connectivity index (χ2n) is 4.51. The largest absolute Gasteiger partial charge is 0.384 e. The number of hydrogen-bond donors (Lipinski definition) is 1. The Morgan fingerprint density at radius 1 is 1.10 bits per heavy atom. The molecule has 0 bridgehead atoms. The zero-order valence-corrected chi connectivity index (χ0v) is 11.0. The summed E-state index contributed by atoms with van der Waals surface area (Å²) >= 11 is 0. The molecule has 3 aromatic rings. The van der Waals surface area contributed by atoms with Gasteiger partial charge in [-0.3, -0.25) is 0 Å². The molecule has 0 spiro atoms. The Labute approximate surface area is 120 Å². The number of nitrogens with zero attached hydrogens (tertiary/aromatic N) is 3. The number of nitrogen functional groups attached to an aromatic ring is 1. The van der Waals surface area contributed by atoms with Crippen LogP contribution in [0.5, 0.6) is 0 Å². The van der Waals surface area contributed by atoms with Crippen molar-refractivity contribution in [2.24, 2.45) is 0 Å². The van der Waals surface area contributed by atoms with Gasteiger partial charge in [-0.1, -0.05) is 18.2 Å². The third-order valence-electron chi connectivity index (χ3n) is 3.11. The number of benzene rings is 2. The van der Waals surface area contributed by atoms with Gasteiger partial charge in [0.25, 0.3) is 0 Å². The van der Waals surface area contributed by atoms with E-state index in [4.69, 9.17) is 11.0 Å². The Morgan fingerprint density at radius 2 is 1.90 bits per heavy atom. The third-order valence-corrected chi connectivity index (χ3v) is 3.11. The minimum Gasteiger partial charge on any atom is -0.384 e. The van der Waals surface area contributed by atoms with Gasteiger partial charge in [0.1, 0.15) is 11.6 Å². The van der Waals surface area contributed by atoms with Crippen molar-refractivity contribution < 1.29 is 4.39 Å². The van der Waals surface area contributed by atoms with E-state index in [-0.39, 0.29) is 5.82 Å². The second-order valence-corrected chi connectivity index (χ2v) is 4.51. The molecule has 0 radical (unpaired) electrons. The molecule has 0 amide bonds. The molecule has 102 valence electrons. The zero-order chi connectivity index (χ0) is 14.8. The van der Waals surface area contributed by atoms with Crippen molar-refractivity contribution in [3.05, 3.63) is 66.0 Å². The van der Waals surface area contributed by atoms with Gasteiger partial charge in [-0.05, 0) is 30.3 Å². The van der Waals surface area contributed by atoms with E-state index in [9.17, 15) is 4.39 Å². The van der Waals surface area contributed by atoms with E-state index in [1.165, 1.54) is 10.7 Å². The highest BCUT2D eigenvalue weighted by molar-refractivity contribution is 5.64. The van der Waals surface area contributed by atoms with Gasteiger partial charge in [-0.15, -0.1) is 0 Å². The van der Waals surface area contributed by atoms with Crippen LogP contribution in [0.2, 0.25) is 0 Å². The lowest BCUT2D eigenvalue weighted by atomic mass is 10.1. The highest BCUT2D eigenvalue weighted by Gasteiger charge is 2.12. The molecule has 2 N–H and O–H groups in total. The second kappa shape index (κ2) is 5.10. The quantitative estimate of drug-likeness (QED) is 0.783. The van der Waals surface area contributed by atoms with Gasteiger partial charge in [0.2, 0.25) is 0 Å². The number of rotatable bonds is 2. The fourth-order valence-electron chi connectivity index (χ4n) is 2.11. The molecule has 0 saturated heterocycles. The van der Waals surface area contributed by atoms with Gasteiger partial charge in [0, 0.05) is 11.6 Å². The van der Waals surface area contributed by atoms with Crippen LogP contribution in [-0.2, 0) is 0 Å². The summed E-state index contributed by atoms with van der Waals surface area (Å²) in [4.78, 5) is 0. The van der Waals surface area contributed by atoms with E-state index < -0.39 is 0 Å². The molecule has 0 atom stereocenters. The summed E-state index contributed by atoms with van der Waals surface area (Å²) in [5.41, 5.74) is 7.96. The number of hydrogen-bond acceptors (Lipinski definition) is 3.